The zero-order chi connectivity index (χ0) is 17.2. The molecule has 1 aromatic rings. The molecule has 0 aliphatic carbocycles. The number of hydrogen-bond acceptors (Lipinski definition) is 3. The lowest BCUT2D eigenvalue weighted by Crippen LogP contribution is -2.36. The molecule has 1 amide bonds. The van der Waals surface area contributed by atoms with Crippen LogP contribution in [0.5, 0.6) is 0 Å². The summed E-state index contributed by atoms with van der Waals surface area (Å²) >= 11 is 6.08. The second-order valence-electron chi connectivity index (χ2n) is 6.26. The predicted octanol–water partition coefficient (Wildman–Crippen LogP) is 2.90. The predicted molar refractivity (Wildman–Crippen MR) is 91.2 cm³/mol. The van der Waals surface area contributed by atoms with Crippen LogP contribution < -0.4 is 5.32 Å². The molecule has 0 aromatic heterocycles. The molecular weight excluding hydrogens is 336 g/mol. The second kappa shape index (κ2) is 7.20. The van der Waals surface area contributed by atoms with Crippen molar-refractivity contribution in [1.82, 2.24) is 9.62 Å². The van der Waals surface area contributed by atoms with Crippen molar-refractivity contribution in [2.75, 3.05) is 13.1 Å². The van der Waals surface area contributed by atoms with E-state index < -0.39 is 10.0 Å². The molecule has 1 fully saturated rings. The molecule has 1 aliphatic heterocycles. The molecule has 0 spiro atoms. The minimum absolute atomic E-state index is 0.00295. The smallest absolute Gasteiger partial charge is 0.251 e. The first-order chi connectivity index (χ1) is 10.7. The first kappa shape index (κ1) is 18.2. The lowest BCUT2D eigenvalue weighted by molar-refractivity contribution is 0.0930. The highest BCUT2D eigenvalue weighted by Gasteiger charge is 2.29. The second-order valence-corrected chi connectivity index (χ2v) is 8.58. The molecule has 128 valence electrons. The normalized spacial score (nSPS) is 17.4. The molecule has 2 rings (SSSR count). The SMILES string of the molecule is CC(C)[C@H](C)NC(=O)c1ccc(Cl)c(S(=O)(=O)N2CCCC2)c1. The number of rotatable bonds is 5. The monoisotopic (exact) mass is 358 g/mol. The molecule has 1 aromatic carbocycles. The molecule has 1 aliphatic rings. The van der Waals surface area contributed by atoms with Gasteiger partial charge in [-0.3, -0.25) is 4.79 Å². The first-order valence-corrected chi connectivity index (χ1v) is 9.66. The average molecular weight is 359 g/mol. The minimum Gasteiger partial charge on any atom is -0.349 e. The number of amides is 1. The summed E-state index contributed by atoms with van der Waals surface area (Å²) < 4.78 is 26.8. The van der Waals surface area contributed by atoms with Crippen LogP contribution in [0.3, 0.4) is 0 Å². The molecule has 0 saturated carbocycles. The van der Waals surface area contributed by atoms with E-state index in [0.29, 0.717) is 24.6 Å². The van der Waals surface area contributed by atoms with Gasteiger partial charge in [0.05, 0.1) is 5.02 Å². The van der Waals surface area contributed by atoms with Crippen LogP contribution in [0.1, 0.15) is 44.0 Å². The Balaban J connectivity index is 2.30. The van der Waals surface area contributed by atoms with Crippen molar-refractivity contribution in [3.63, 3.8) is 0 Å². The van der Waals surface area contributed by atoms with Gasteiger partial charge in [-0.2, -0.15) is 4.31 Å². The summed E-state index contributed by atoms with van der Waals surface area (Å²) in [5.41, 5.74) is 0.305. The van der Waals surface area contributed by atoms with E-state index in [0.717, 1.165) is 12.8 Å². The number of carbonyl (C=O) groups excluding carboxylic acids is 1. The van der Waals surface area contributed by atoms with Crippen molar-refractivity contribution in [2.45, 2.75) is 44.6 Å². The van der Waals surface area contributed by atoms with Crippen LogP contribution in [-0.4, -0.2) is 37.8 Å². The first-order valence-electron chi connectivity index (χ1n) is 7.84. The van der Waals surface area contributed by atoms with Crippen molar-refractivity contribution < 1.29 is 13.2 Å². The van der Waals surface area contributed by atoms with Crippen LogP contribution in [0.25, 0.3) is 0 Å². The van der Waals surface area contributed by atoms with Crippen LogP contribution in [0.4, 0.5) is 0 Å². The Morgan fingerprint density at radius 2 is 1.83 bits per heavy atom. The third-order valence-corrected chi connectivity index (χ3v) is 6.62. The third kappa shape index (κ3) is 4.05. The minimum atomic E-state index is -3.65. The number of nitrogens with one attached hydrogen (secondary N) is 1. The van der Waals surface area contributed by atoms with Crippen molar-refractivity contribution >= 4 is 27.5 Å². The van der Waals surface area contributed by atoms with Gasteiger partial charge in [0, 0.05) is 24.7 Å². The molecule has 1 atom stereocenters. The Kier molecular flexibility index (Phi) is 5.70. The van der Waals surface area contributed by atoms with Gasteiger partial charge in [-0.05, 0) is 43.9 Å². The van der Waals surface area contributed by atoms with Gasteiger partial charge in [0.15, 0.2) is 0 Å². The molecule has 5 nitrogen and oxygen atoms in total. The maximum Gasteiger partial charge on any atom is 0.251 e. The molecule has 1 N–H and O–H groups in total. The van der Waals surface area contributed by atoms with E-state index in [1.807, 2.05) is 20.8 Å². The van der Waals surface area contributed by atoms with Gasteiger partial charge >= 0.3 is 0 Å². The molecule has 7 heteroatoms. The lowest BCUT2D eigenvalue weighted by Gasteiger charge is -2.19. The number of benzene rings is 1. The van der Waals surface area contributed by atoms with Gasteiger partial charge in [-0.1, -0.05) is 25.4 Å². The van der Waals surface area contributed by atoms with E-state index in [-0.39, 0.29) is 21.9 Å². The van der Waals surface area contributed by atoms with Gasteiger partial charge in [-0.15, -0.1) is 0 Å². The number of sulfonamides is 1. The van der Waals surface area contributed by atoms with E-state index in [1.54, 1.807) is 6.07 Å². The number of halogens is 1. The Morgan fingerprint density at radius 3 is 2.39 bits per heavy atom. The highest BCUT2D eigenvalue weighted by Crippen LogP contribution is 2.28. The van der Waals surface area contributed by atoms with Crippen molar-refractivity contribution in [3.05, 3.63) is 28.8 Å². The Labute approximate surface area is 143 Å². The standard InChI is InChI=1S/C16H23ClN2O3S/c1-11(2)12(3)18-16(20)13-6-7-14(17)15(10-13)23(21,22)19-8-4-5-9-19/h6-7,10-12H,4-5,8-9H2,1-3H3,(H,18,20)/t12-/m0/s1. The number of carbonyl (C=O) groups is 1. The zero-order valence-corrected chi connectivity index (χ0v) is 15.2. The number of hydrogen-bond donors (Lipinski definition) is 1. The lowest BCUT2D eigenvalue weighted by atomic mass is 10.1. The van der Waals surface area contributed by atoms with Gasteiger partial charge in [0.25, 0.3) is 5.91 Å². The van der Waals surface area contributed by atoms with Crippen molar-refractivity contribution in [1.29, 1.82) is 0 Å². The third-order valence-electron chi connectivity index (χ3n) is 4.24. The summed E-state index contributed by atoms with van der Waals surface area (Å²) in [5.74, 6) is -0.000193. The maximum atomic E-state index is 12.7. The van der Waals surface area contributed by atoms with Gasteiger partial charge in [0.2, 0.25) is 10.0 Å². The van der Waals surface area contributed by atoms with Gasteiger partial charge in [-0.25, -0.2) is 8.42 Å². The maximum absolute atomic E-state index is 12.7. The Bertz CT molecular complexity index is 683. The fourth-order valence-electron chi connectivity index (χ4n) is 2.37. The summed E-state index contributed by atoms with van der Waals surface area (Å²) in [4.78, 5) is 12.3. The van der Waals surface area contributed by atoms with E-state index >= 15 is 0 Å². The van der Waals surface area contributed by atoms with Crippen LogP contribution in [-0.2, 0) is 10.0 Å². The highest BCUT2D eigenvalue weighted by atomic mass is 35.5. The van der Waals surface area contributed by atoms with Gasteiger partial charge in [0.1, 0.15) is 4.90 Å². The van der Waals surface area contributed by atoms with E-state index in [1.165, 1.54) is 16.4 Å². The van der Waals surface area contributed by atoms with Crippen LogP contribution in [0.15, 0.2) is 23.1 Å². The van der Waals surface area contributed by atoms with E-state index in [4.69, 9.17) is 11.6 Å². The van der Waals surface area contributed by atoms with E-state index in [2.05, 4.69) is 5.32 Å². The van der Waals surface area contributed by atoms with Crippen LogP contribution >= 0.6 is 11.6 Å². The van der Waals surface area contributed by atoms with E-state index in [9.17, 15) is 13.2 Å². The quantitative estimate of drug-likeness (QED) is 0.880. The molecule has 0 unspecified atom stereocenters. The average Bonchev–Trinajstić information content (AvgIpc) is 3.02. The topological polar surface area (TPSA) is 66.5 Å². The summed E-state index contributed by atoms with van der Waals surface area (Å²) in [6.07, 6.45) is 1.70. The zero-order valence-electron chi connectivity index (χ0n) is 13.7. The summed E-state index contributed by atoms with van der Waals surface area (Å²) in [5, 5.41) is 3.02. The Morgan fingerprint density at radius 1 is 1.22 bits per heavy atom. The number of nitrogens with zero attached hydrogens (tertiary/aromatic N) is 1. The molecule has 0 radical (unpaired) electrons. The molecular formula is C16H23ClN2O3S. The fourth-order valence-corrected chi connectivity index (χ4v) is 4.38. The molecule has 1 saturated heterocycles. The highest BCUT2D eigenvalue weighted by molar-refractivity contribution is 7.89. The van der Waals surface area contributed by atoms with Crippen LogP contribution in [0.2, 0.25) is 5.02 Å². The largest absolute Gasteiger partial charge is 0.349 e. The van der Waals surface area contributed by atoms with Crippen molar-refractivity contribution in [2.24, 2.45) is 5.92 Å². The summed E-state index contributed by atoms with van der Waals surface area (Å²) in [6.45, 7) is 6.94. The molecule has 0 bridgehead atoms. The van der Waals surface area contributed by atoms with Crippen LogP contribution in [0, 0.1) is 5.92 Å². The fraction of sp³-hybridized carbons (Fsp3) is 0.562. The molecule has 23 heavy (non-hydrogen) atoms. The van der Waals surface area contributed by atoms with Crippen molar-refractivity contribution in [3.8, 4) is 0 Å². The molecule has 1 heterocycles. The van der Waals surface area contributed by atoms with Gasteiger partial charge < -0.3 is 5.32 Å². The summed E-state index contributed by atoms with van der Waals surface area (Å²) in [7, 11) is -3.65. The summed E-state index contributed by atoms with van der Waals surface area (Å²) in [6, 6.07) is 4.39. The Hall–Kier alpha value is -1.11.